The van der Waals surface area contributed by atoms with E-state index in [-0.39, 0.29) is 0 Å². The van der Waals surface area contributed by atoms with Crippen LogP contribution in [0.4, 0.5) is 5.69 Å². The maximum Gasteiger partial charge on any atom is 0.103 e. The summed E-state index contributed by atoms with van der Waals surface area (Å²) in [5, 5.41) is 8.44. The molecule has 3 nitrogen and oxygen atoms in total. The predicted molar refractivity (Wildman–Crippen MR) is 38.1 cm³/mol. The summed E-state index contributed by atoms with van der Waals surface area (Å²) in [6.07, 6.45) is 1.48. The molecule has 10 heavy (non-hydrogen) atoms. The summed E-state index contributed by atoms with van der Waals surface area (Å²) in [7, 11) is 0. The molecule has 0 radical (unpaired) electrons. The highest BCUT2D eigenvalue weighted by Crippen LogP contribution is 2.08. The summed E-state index contributed by atoms with van der Waals surface area (Å²) in [6.45, 7) is 1.83. The van der Waals surface area contributed by atoms with Crippen molar-refractivity contribution in [3.63, 3.8) is 0 Å². The van der Waals surface area contributed by atoms with Crippen LogP contribution in [-0.4, -0.2) is 4.98 Å². The molecule has 0 aliphatic heterocycles. The summed E-state index contributed by atoms with van der Waals surface area (Å²) >= 11 is 0. The van der Waals surface area contributed by atoms with Crippen LogP contribution in [0, 0.1) is 18.3 Å². The summed E-state index contributed by atoms with van der Waals surface area (Å²) in [6, 6.07) is 3.61. The van der Waals surface area contributed by atoms with E-state index in [9.17, 15) is 0 Å². The van der Waals surface area contributed by atoms with Crippen LogP contribution < -0.4 is 5.73 Å². The van der Waals surface area contributed by atoms with Gasteiger partial charge in [0.25, 0.3) is 0 Å². The van der Waals surface area contributed by atoms with Gasteiger partial charge in [0.2, 0.25) is 0 Å². The van der Waals surface area contributed by atoms with Crippen LogP contribution in [0.1, 0.15) is 11.3 Å². The van der Waals surface area contributed by atoms with Crippen LogP contribution >= 0.6 is 0 Å². The SMILES string of the molecule is Cc1cc(N)c(C#N)cn1. The molecule has 0 aliphatic carbocycles. The quantitative estimate of drug-likeness (QED) is 0.570. The minimum Gasteiger partial charge on any atom is -0.398 e. The van der Waals surface area contributed by atoms with Crippen molar-refractivity contribution in [2.45, 2.75) is 6.92 Å². The first-order valence-corrected chi connectivity index (χ1v) is 2.86. The number of aryl methyl sites for hydroxylation is 1. The zero-order valence-electron chi connectivity index (χ0n) is 5.63. The Kier molecular flexibility index (Phi) is 1.55. The lowest BCUT2D eigenvalue weighted by Crippen LogP contribution is -1.92. The van der Waals surface area contributed by atoms with E-state index >= 15 is 0 Å². The molecule has 1 heterocycles. The second-order valence-electron chi connectivity index (χ2n) is 2.02. The van der Waals surface area contributed by atoms with Gasteiger partial charge < -0.3 is 5.73 Å². The first kappa shape index (κ1) is 6.56. The molecular weight excluding hydrogens is 126 g/mol. The highest BCUT2D eigenvalue weighted by molar-refractivity contribution is 5.52. The van der Waals surface area contributed by atoms with Gasteiger partial charge in [-0.25, -0.2) is 0 Å². The third-order valence-electron chi connectivity index (χ3n) is 1.19. The number of hydrogen-bond acceptors (Lipinski definition) is 3. The van der Waals surface area contributed by atoms with E-state index in [2.05, 4.69) is 4.98 Å². The van der Waals surface area contributed by atoms with Gasteiger partial charge in [0.1, 0.15) is 6.07 Å². The third-order valence-corrected chi connectivity index (χ3v) is 1.19. The van der Waals surface area contributed by atoms with Crippen molar-refractivity contribution in [3.8, 4) is 6.07 Å². The number of nitrogens with zero attached hydrogens (tertiary/aromatic N) is 2. The fourth-order valence-corrected chi connectivity index (χ4v) is 0.674. The predicted octanol–water partition coefficient (Wildman–Crippen LogP) is 0.844. The molecule has 0 saturated carbocycles. The molecule has 0 atom stereocenters. The fraction of sp³-hybridized carbons (Fsp3) is 0.143. The molecule has 0 fully saturated rings. The van der Waals surface area contributed by atoms with E-state index in [1.54, 1.807) is 6.07 Å². The van der Waals surface area contributed by atoms with Gasteiger partial charge in [-0.15, -0.1) is 0 Å². The highest BCUT2D eigenvalue weighted by atomic mass is 14.7. The summed E-state index contributed by atoms with van der Waals surface area (Å²) in [5.74, 6) is 0. The molecule has 1 aromatic heterocycles. The lowest BCUT2D eigenvalue weighted by atomic mass is 10.2. The van der Waals surface area contributed by atoms with E-state index < -0.39 is 0 Å². The molecular formula is C7H7N3. The van der Waals surface area contributed by atoms with Crippen LogP contribution in [0.2, 0.25) is 0 Å². The van der Waals surface area contributed by atoms with Gasteiger partial charge in [-0.3, -0.25) is 4.98 Å². The second kappa shape index (κ2) is 2.36. The maximum atomic E-state index is 8.44. The van der Waals surface area contributed by atoms with E-state index in [1.165, 1.54) is 6.20 Å². The Balaban J connectivity index is 3.23. The van der Waals surface area contributed by atoms with Crippen LogP contribution in [0.25, 0.3) is 0 Å². The van der Waals surface area contributed by atoms with Crippen LogP contribution in [-0.2, 0) is 0 Å². The van der Waals surface area contributed by atoms with Crippen molar-refractivity contribution in [1.82, 2.24) is 4.98 Å². The van der Waals surface area contributed by atoms with Crippen molar-refractivity contribution in [1.29, 1.82) is 5.26 Å². The van der Waals surface area contributed by atoms with Crippen LogP contribution in [0.3, 0.4) is 0 Å². The molecule has 0 spiro atoms. The number of nitrogen functional groups attached to an aromatic ring is 1. The topological polar surface area (TPSA) is 62.7 Å². The number of anilines is 1. The Morgan fingerprint density at radius 2 is 2.40 bits per heavy atom. The average molecular weight is 133 g/mol. The smallest absolute Gasteiger partial charge is 0.103 e. The molecule has 1 rings (SSSR count). The molecule has 0 bridgehead atoms. The Hall–Kier alpha value is -1.56. The Labute approximate surface area is 59.1 Å². The number of nitrogens with two attached hydrogens (primary N) is 1. The monoisotopic (exact) mass is 133 g/mol. The largest absolute Gasteiger partial charge is 0.398 e. The Morgan fingerprint density at radius 1 is 1.70 bits per heavy atom. The molecule has 2 N–H and O–H groups in total. The van der Waals surface area contributed by atoms with E-state index in [0.717, 1.165) is 5.69 Å². The minimum absolute atomic E-state index is 0.436. The first-order valence-electron chi connectivity index (χ1n) is 2.86. The number of pyridine rings is 1. The van der Waals surface area contributed by atoms with E-state index in [1.807, 2.05) is 13.0 Å². The number of aromatic nitrogens is 1. The van der Waals surface area contributed by atoms with Crippen molar-refractivity contribution in [3.05, 3.63) is 23.5 Å². The van der Waals surface area contributed by atoms with Crippen LogP contribution in [0.15, 0.2) is 12.3 Å². The van der Waals surface area contributed by atoms with Gasteiger partial charge in [-0.1, -0.05) is 0 Å². The first-order chi connectivity index (χ1) is 4.74. The van der Waals surface area contributed by atoms with E-state index in [4.69, 9.17) is 11.0 Å². The van der Waals surface area contributed by atoms with Gasteiger partial charge in [0.05, 0.1) is 11.3 Å². The molecule has 50 valence electrons. The van der Waals surface area contributed by atoms with Gasteiger partial charge >= 0.3 is 0 Å². The van der Waals surface area contributed by atoms with Gasteiger partial charge in [-0.05, 0) is 13.0 Å². The summed E-state index contributed by atoms with van der Waals surface area (Å²) in [4.78, 5) is 3.91. The summed E-state index contributed by atoms with van der Waals surface area (Å²) < 4.78 is 0. The average Bonchev–Trinajstić information content (AvgIpc) is 1.88. The zero-order valence-corrected chi connectivity index (χ0v) is 5.63. The number of rotatable bonds is 0. The molecule has 0 aliphatic rings. The normalized spacial score (nSPS) is 8.80. The second-order valence-corrected chi connectivity index (χ2v) is 2.02. The number of nitriles is 1. The standard InChI is InChI=1S/C7H7N3/c1-5-2-7(9)6(3-8)4-10-5/h2,4H,1H3,(H2,9,10). The molecule has 0 saturated heterocycles. The van der Waals surface area contributed by atoms with Crippen molar-refractivity contribution in [2.75, 3.05) is 5.73 Å². The van der Waals surface area contributed by atoms with E-state index in [0.29, 0.717) is 11.3 Å². The molecule has 0 amide bonds. The van der Waals surface area contributed by atoms with Crippen molar-refractivity contribution in [2.24, 2.45) is 0 Å². The van der Waals surface area contributed by atoms with Crippen molar-refractivity contribution >= 4 is 5.69 Å². The zero-order chi connectivity index (χ0) is 7.56. The molecule has 0 unspecified atom stereocenters. The van der Waals surface area contributed by atoms with Gasteiger partial charge in [0.15, 0.2) is 0 Å². The Bertz CT molecular complexity index is 285. The highest BCUT2D eigenvalue weighted by Gasteiger charge is 1.96. The fourth-order valence-electron chi connectivity index (χ4n) is 0.674. The third kappa shape index (κ3) is 1.06. The van der Waals surface area contributed by atoms with Gasteiger partial charge in [-0.2, -0.15) is 5.26 Å². The molecule has 0 aromatic carbocycles. The van der Waals surface area contributed by atoms with Gasteiger partial charge in [0, 0.05) is 11.9 Å². The molecule has 3 heteroatoms. The maximum absolute atomic E-state index is 8.44. The summed E-state index contributed by atoms with van der Waals surface area (Å²) in [5.41, 5.74) is 7.23. The lowest BCUT2D eigenvalue weighted by Gasteiger charge is -1.95. The Morgan fingerprint density at radius 3 is 2.90 bits per heavy atom. The minimum atomic E-state index is 0.436. The molecule has 1 aromatic rings. The lowest BCUT2D eigenvalue weighted by molar-refractivity contribution is 1.19. The number of hydrogen-bond donors (Lipinski definition) is 1. The van der Waals surface area contributed by atoms with Crippen LogP contribution in [0.5, 0.6) is 0 Å². The van der Waals surface area contributed by atoms with Crippen molar-refractivity contribution < 1.29 is 0 Å².